The van der Waals surface area contributed by atoms with Gasteiger partial charge in [-0.15, -0.1) is 0 Å². The lowest BCUT2D eigenvalue weighted by Crippen LogP contribution is -2.27. The fraction of sp³-hybridized carbons (Fsp3) is 0.481. The first-order chi connectivity index (χ1) is 15.2. The summed E-state index contributed by atoms with van der Waals surface area (Å²) < 4.78 is 0. The molecule has 2 aliphatic rings. The van der Waals surface area contributed by atoms with E-state index in [0.29, 0.717) is 11.6 Å². The van der Waals surface area contributed by atoms with Crippen LogP contribution in [0, 0.1) is 12.3 Å². The van der Waals surface area contributed by atoms with Crippen LogP contribution >= 0.6 is 0 Å². The van der Waals surface area contributed by atoms with Gasteiger partial charge in [0.25, 0.3) is 5.91 Å². The van der Waals surface area contributed by atoms with Crippen LogP contribution in [0.3, 0.4) is 0 Å². The Morgan fingerprint density at radius 3 is 2.53 bits per heavy atom. The summed E-state index contributed by atoms with van der Waals surface area (Å²) in [6.07, 6.45) is 3.91. The van der Waals surface area contributed by atoms with Crippen LogP contribution in [0.2, 0.25) is 0 Å². The maximum absolute atomic E-state index is 12.7. The number of rotatable bonds is 8. The van der Waals surface area contributed by atoms with Crippen molar-refractivity contribution in [1.82, 2.24) is 10.2 Å². The number of carbonyl (C=O) groups excluding carboxylic acids is 2. The molecule has 1 saturated carbocycles. The van der Waals surface area contributed by atoms with Crippen LogP contribution in [0.4, 0.5) is 11.4 Å². The van der Waals surface area contributed by atoms with E-state index in [1.807, 2.05) is 38.1 Å². The molecule has 0 spiro atoms. The number of nitrogens with one attached hydrogen (secondary N) is 1. The zero-order valence-electron chi connectivity index (χ0n) is 20.0. The zero-order valence-corrected chi connectivity index (χ0v) is 20.0. The van der Waals surface area contributed by atoms with Gasteiger partial charge in [-0.25, -0.2) is 0 Å². The second kappa shape index (κ2) is 8.70. The van der Waals surface area contributed by atoms with Crippen LogP contribution < -0.4 is 10.2 Å². The van der Waals surface area contributed by atoms with E-state index in [0.717, 1.165) is 66.8 Å². The average Bonchev–Trinajstić information content (AvgIpc) is 3.51. The van der Waals surface area contributed by atoms with Gasteiger partial charge in [0.2, 0.25) is 0 Å². The molecule has 0 bridgehead atoms. The van der Waals surface area contributed by atoms with Crippen molar-refractivity contribution in [2.24, 2.45) is 5.41 Å². The smallest absolute Gasteiger partial charge is 0.251 e. The normalized spacial score (nSPS) is 16.9. The van der Waals surface area contributed by atoms with Gasteiger partial charge >= 0.3 is 0 Å². The van der Waals surface area contributed by atoms with Crippen LogP contribution in [-0.4, -0.2) is 49.8 Å². The Balaban J connectivity index is 1.69. The number of ketones is 1. The predicted molar refractivity (Wildman–Crippen MR) is 130 cm³/mol. The molecule has 1 N–H and O–H groups in total. The molecule has 5 heteroatoms. The summed E-state index contributed by atoms with van der Waals surface area (Å²) in [5.74, 6) is 0.233. The first-order valence-corrected chi connectivity index (χ1v) is 11.7. The number of nitrogens with zero attached hydrogens (tertiary/aromatic N) is 2. The maximum Gasteiger partial charge on any atom is 0.251 e. The third-order valence-electron chi connectivity index (χ3n) is 6.55. The Morgan fingerprint density at radius 2 is 1.84 bits per heavy atom. The fourth-order valence-corrected chi connectivity index (χ4v) is 4.51. The summed E-state index contributed by atoms with van der Waals surface area (Å²) in [5, 5.41) is 3.10. The standard InChI is InChI=1S/C27H35N3O2/c1-18-7-8-19(26(32)28-21-9-10-21)16-24(18)30(14-6-13-29(4)5)22-11-12-23-20(15-22)17-27(2,3)25(23)31/h7-8,11-12,15-16,21H,6,9-10,13-14,17H2,1-5H3,(H,28,32). The first-order valence-electron chi connectivity index (χ1n) is 11.7. The second-order valence-corrected chi connectivity index (χ2v) is 10.3. The number of Topliss-reactive ketones (excluding diaryl/α,β-unsaturated/α-hetero) is 1. The molecule has 4 rings (SSSR count). The summed E-state index contributed by atoms with van der Waals surface area (Å²) in [6.45, 7) is 7.96. The highest BCUT2D eigenvalue weighted by Gasteiger charge is 2.37. The van der Waals surface area contributed by atoms with Gasteiger partial charge < -0.3 is 15.1 Å². The summed E-state index contributed by atoms with van der Waals surface area (Å²) >= 11 is 0. The van der Waals surface area contributed by atoms with Crippen molar-refractivity contribution in [2.75, 3.05) is 32.1 Å². The molecule has 0 atom stereocenters. The van der Waals surface area contributed by atoms with Crippen LogP contribution in [0.1, 0.15) is 65.0 Å². The zero-order chi connectivity index (χ0) is 23.0. The average molecular weight is 434 g/mol. The van der Waals surface area contributed by atoms with Gasteiger partial charge in [-0.1, -0.05) is 19.9 Å². The molecule has 5 nitrogen and oxygen atoms in total. The van der Waals surface area contributed by atoms with Crippen molar-refractivity contribution in [3.05, 3.63) is 58.7 Å². The van der Waals surface area contributed by atoms with Gasteiger partial charge in [0.15, 0.2) is 5.78 Å². The van der Waals surface area contributed by atoms with Crippen molar-refractivity contribution >= 4 is 23.1 Å². The van der Waals surface area contributed by atoms with E-state index in [4.69, 9.17) is 0 Å². The van der Waals surface area contributed by atoms with E-state index < -0.39 is 0 Å². The largest absolute Gasteiger partial charge is 0.349 e. The third-order valence-corrected chi connectivity index (χ3v) is 6.55. The van der Waals surface area contributed by atoms with E-state index in [9.17, 15) is 9.59 Å². The molecule has 0 heterocycles. The highest BCUT2D eigenvalue weighted by atomic mass is 16.1. The van der Waals surface area contributed by atoms with Crippen LogP contribution in [0.25, 0.3) is 0 Å². The predicted octanol–water partition coefficient (Wildman–Crippen LogP) is 4.74. The molecular formula is C27H35N3O2. The Morgan fingerprint density at radius 1 is 1.09 bits per heavy atom. The summed E-state index contributed by atoms with van der Waals surface area (Å²) in [7, 11) is 4.17. The van der Waals surface area contributed by atoms with Crippen molar-refractivity contribution in [1.29, 1.82) is 0 Å². The number of anilines is 2. The molecule has 1 fully saturated rings. The van der Waals surface area contributed by atoms with Gasteiger partial charge in [0.1, 0.15) is 0 Å². The molecule has 0 radical (unpaired) electrons. The SMILES string of the molecule is Cc1ccc(C(=O)NC2CC2)cc1N(CCCN(C)C)c1ccc2c(c1)CC(C)(C)C2=O. The van der Waals surface area contributed by atoms with Crippen molar-refractivity contribution in [2.45, 2.75) is 52.5 Å². The highest BCUT2D eigenvalue weighted by Crippen LogP contribution is 2.39. The minimum Gasteiger partial charge on any atom is -0.349 e. The number of hydrogen-bond donors (Lipinski definition) is 1. The van der Waals surface area contributed by atoms with E-state index >= 15 is 0 Å². The maximum atomic E-state index is 12.7. The highest BCUT2D eigenvalue weighted by molar-refractivity contribution is 6.05. The van der Waals surface area contributed by atoms with E-state index in [1.165, 1.54) is 0 Å². The molecule has 170 valence electrons. The van der Waals surface area contributed by atoms with E-state index in [-0.39, 0.29) is 17.1 Å². The lowest BCUT2D eigenvalue weighted by atomic mass is 9.89. The number of hydrogen-bond acceptors (Lipinski definition) is 4. The number of amides is 1. The monoisotopic (exact) mass is 433 g/mol. The van der Waals surface area contributed by atoms with Gasteiger partial charge in [0, 0.05) is 40.5 Å². The van der Waals surface area contributed by atoms with Crippen LogP contribution in [0.15, 0.2) is 36.4 Å². The molecule has 0 saturated heterocycles. The number of carbonyl (C=O) groups is 2. The van der Waals surface area contributed by atoms with Gasteiger partial charge in [-0.05, 0) is 94.7 Å². The number of fused-ring (bicyclic) bond motifs is 1. The van der Waals surface area contributed by atoms with Gasteiger partial charge in [0.05, 0.1) is 0 Å². The van der Waals surface area contributed by atoms with E-state index in [1.54, 1.807) is 0 Å². The minimum atomic E-state index is -0.340. The van der Waals surface area contributed by atoms with Gasteiger partial charge in [-0.2, -0.15) is 0 Å². The lowest BCUT2D eigenvalue weighted by molar-refractivity contribution is 0.0863. The topological polar surface area (TPSA) is 52.7 Å². The Labute approximate surface area is 191 Å². The summed E-state index contributed by atoms with van der Waals surface area (Å²) in [6, 6.07) is 12.5. The minimum absolute atomic E-state index is 0.00305. The molecule has 0 unspecified atom stereocenters. The molecule has 2 aliphatic carbocycles. The molecular weight excluding hydrogens is 398 g/mol. The molecule has 0 aromatic heterocycles. The summed E-state index contributed by atoms with van der Waals surface area (Å²) in [5.41, 5.74) is 5.60. The van der Waals surface area contributed by atoms with Crippen molar-refractivity contribution in [3.63, 3.8) is 0 Å². The van der Waals surface area contributed by atoms with Crippen molar-refractivity contribution in [3.8, 4) is 0 Å². The first kappa shape index (κ1) is 22.5. The summed E-state index contributed by atoms with van der Waals surface area (Å²) in [4.78, 5) is 29.9. The molecule has 32 heavy (non-hydrogen) atoms. The molecule has 2 aromatic carbocycles. The molecule has 0 aliphatic heterocycles. The van der Waals surface area contributed by atoms with Crippen LogP contribution in [0.5, 0.6) is 0 Å². The number of benzene rings is 2. The Bertz CT molecular complexity index is 1040. The Kier molecular flexibility index (Phi) is 6.13. The molecule has 1 amide bonds. The number of aryl methyl sites for hydroxylation is 1. The van der Waals surface area contributed by atoms with Gasteiger partial charge in [-0.3, -0.25) is 9.59 Å². The fourth-order valence-electron chi connectivity index (χ4n) is 4.51. The van der Waals surface area contributed by atoms with Crippen molar-refractivity contribution < 1.29 is 9.59 Å². The molecule has 2 aromatic rings. The Hall–Kier alpha value is -2.66. The lowest BCUT2D eigenvalue weighted by Gasteiger charge is -2.28. The van der Waals surface area contributed by atoms with Crippen LogP contribution in [-0.2, 0) is 6.42 Å². The van der Waals surface area contributed by atoms with E-state index in [2.05, 4.69) is 48.3 Å². The quantitative estimate of drug-likeness (QED) is 0.653. The second-order valence-electron chi connectivity index (χ2n) is 10.3. The third kappa shape index (κ3) is 4.73.